The Bertz CT molecular complexity index is 565. The van der Waals surface area contributed by atoms with Crippen LogP contribution in [0.4, 0.5) is 0 Å². The van der Waals surface area contributed by atoms with Crippen molar-refractivity contribution in [1.29, 1.82) is 0 Å². The van der Waals surface area contributed by atoms with Gasteiger partial charge in [0, 0.05) is 17.5 Å². The number of hydrogen-bond acceptors (Lipinski definition) is 3. The third kappa shape index (κ3) is 3.58. The summed E-state index contributed by atoms with van der Waals surface area (Å²) in [6.45, 7) is 0.612. The van der Waals surface area contributed by atoms with Gasteiger partial charge in [0.25, 0.3) is 5.91 Å². The van der Waals surface area contributed by atoms with Crippen LogP contribution in [0.5, 0.6) is 5.75 Å². The van der Waals surface area contributed by atoms with Gasteiger partial charge in [-0.05, 0) is 52.3 Å². The number of nitrogens with zero attached hydrogens (tertiary/aromatic N) is 1. The number of amides is 1. The van der Waals surface area contributed by atoms with E-state index in [1.165, 1.54) is 0 Å². The Morgan fingerprint density at radius 1 is 1.26 bits per heavy atom. The van der Waals surface area contributed by atoms with Gasteiger partial charge in [0.05, 0.1) is 17.4 Å². The van der Waals surface area contributed by atoms with Crippen LogP contribution in [-0.4, -0.2) is 25.0 Å². The number of carbonyl (C=O) groups is 1. The van der Waals surface area contributed by atoms with E-state index >= 15 is 0 Å². The van der Waals surface area contributed by atoms with Gasteiger partial charge in [-0.15, -0.1) is 11.3 Å². The first kappa shape index (κ1) is 14.1. The molecule has 1 heterocycles. The van der Waals surface area contributed by atoms with Crippen molar-refractivity contribution in [3.8, 4) is 5.75 Å². The highest BCUT2D eigenvalue weighted by Gasteiger charge is 2.12. The molecule has 0 saturated heterocycles. The maximum Gasteiger partial charge on any atom is 0.253 e. The van der Waals surface area contributed by atoms with Crippen LogP contribution < -0.4 is 4.74 Å². The van der Waals surface area contributed by atoms with Crippen LogP contribution in [0.1, 0.15) is 15.2 Å². The average Bonchev–Trinajstić information content (AvgIpc) is 2.83. The van der Waals surface area contributed by atoms with Crippen LogP contribution in [0, 0.1) is 0 Å². The molecule has 0 aliphatic rings. The molecule has 3 nitrogen and oxygen atoms in total. The van der Waals surface area contributed by atoms with E-state index in [2.05, 4.69) is 15.9 Å². The molecule has 2 aromatic rings. The zero-order chi connectivity index (χ0) is 13.8. The van der Waals surface area contributed by atoms with Crippen molar-refractivity contribution in [2.24, 2.45) is 0 Å². The fourth-order valence-electron chi connectivity index (χ4n) is 1.70. The zero-order valence-electron chi connectivity index (χ0n) is 10.7. The van der Waals surface area contributed by atoms with E-state index in [4.69, 9.17) is 4.74 Å². The monoisotopic (exact) mass is 339 g/mol. The van der Waals surface area contributed by atoms with Crippen molar-refractivity contribution in [3.63, 3.8) is 0 Å². The van der Waals surface area contributed by atoms with E-state index in [1.54, 1.807) is 54.7 Å². The number of hydrogen-bond donors (Lipinski definition) is 0. The van der Waals surface area contributed by atoms with Crippen LogP contribution in [0.3, 0.4) is 0 Å². The quantitative estimate of drug-likeness (QED) is 0.847. The lowest BCUT2D eigenvalue weighted by Gasteiger charge is -2.16. The molecule has 0 atom stereocenters. The van der Waals surface area contributed by atoms with Crippen molar-refractivity contribution >= 4 is 33.2 Å². The molecule has 5 heteroatoms. The lowest BCUT2D eigenvalue weighted by atomic mass is 10.2. The summed E-state index contributed by atoms with van der Waals surface area (Å²) in [6.07, 6.45) is 0. The first-order valence-corrected chi connectivity index (χ1v) is 7.35. The largest absolute Gasteiger partial charge is 0.497 e. The maximum absolute atomic E-state index is 12.2. The summed E-state index contributed by atoms with van der Waals surface area (Å²) in [5, 5.41) is 0. The Morgan fingerprint density at radius 2 is 1.95 bits per heavy atom. The normalized spacial score (nSPS) is 10.3. The van der Waals surface area contributed by atoms with Crippen LogP contribution in [0.25, 0.3) is 0 Å². The topological polar surface area (TPSA) is 29.5 Å². The molecule has 0 N–H and O–H groups in total. The van der Waals surface area contributed by atoms with Crippen molar-refractivity contribution in [2.75, 3.05) is 14.2 Å². The highest BCUT2D eigenvalue weighted by molar-refractivity contribution is 9.11. The summed E-state index contributed by atoms with van der Waals surface area (Å²) in [7, 11) is 3.41. The number of benzene rings is 1. The molecule has 0 fully saturated rings. The fraction of sp³-hybridized carbons (Fsp3) is 0.214. The predicted molar refractivity (Wildman–Crippen MR) is 80.8 cm³/mol. The van der Waals surface area contributed by atoms with E-state index in [0.29, 0.717) is 12.1 Å². The third-order valence-corrected chi connectivity index (χ3v) is 4.31. The number of carbonyl (C=O) groups excluding carboxylic acids is 1. The smallest absolute Gasteiger partial charge is 0.253 e. The highest BCUT2D eigenvalue weighted by atomic mass is 79.9. The van der Waals surface area contributed by atoms with Gasteiger partial charge in [-0.25, -0.2) is 0 Å². The minimum absolute atomic E-state index is 0.00664. The molecule has 0 aliphatic heterocycles. The minimum Gasteiger partial charge on any atom is -0.497 e. The summed E-state index contributed by atoms with van der Waals surface area (Å²) in [4.78, 5) is 15.1. The first-order chi connectivity index (χ1) is 9.10. The Labute approximate surface area is 124 Å². The summed E-state index contributed by atoms with van der Waals surface area (Å²) >= 11 is 5.06. The molecule has 0 radical (unpaired) electrons. The van der Waals surface area contributed by atoms with Crippen LogP contribution in [0.15, 0.2) is 40.2 Å². The second kappa shape index (κ2) is 6.21. The molecule has 100 valence electrons. The SMILES string of the molecule is COc1ccc(C(=O)N(C)Cc2ccc(Br)s2)cc1. The van der Waals surface area contributed by atoms with Crippen LogP contribution in [-0.2, 0) is 6.54 Å². The molecule has 1 amide bonds. The second-order valence-corrected chi connectivity index (χ2v) is 6.64. The van der Waals surface area contributed by atoms with Crippen molar-refractivity contribution in [1.82, 2.24) is 4.90 Å². The molecular formula is C14H14BrNO2S. The lowest BCUT2D eigenvalue weighted by molar-refractivity contribution is 0.0786. The highest BCUT2D eigenvalue weighted by Crippen LogP contribution is 2.23. The number of halogens is 1. The van der Waals surface area contributed by atoms with E-state index in [0.717, 1.165) is 14.4 Å². The Hall–Kier alpha value is -1.33. The summed E-state index contributed by atoms with van der Waals surface area (Å²) in [6, 6.07) is 11.2. The van der Waals surface area contributed by atoms with Crippen molar-refractivity contribution < 1.29 is 9.53 Å². The Morgan fingerprint density at radius 3 is 2.47 bits per heavy atom. The molecular weight excluding hydrogens is 326 g/mol. The molecule has 0 unspecified atom stereocenters. The predicted octanol–water partition coefficient (Wildman–Crippen LogP) is 3.79. The van der Waals surface area contributed by atoms with Crippen molar-refractivity contribution in [2.45, 2.75) is 6.54 Å². The molecule has 1 aromatic carbocycles. The van der Waals surface area contributed by atoms with E-state index in [-0.39, 0.29) is 5.91 Å². The van der Waals surface area contributed by atoms with Gasteiger partial charge in [0.2, 0.25) is 0 Å². The first-order valence-electron chi connectivity index (χ1n) is 5.74. The third-order valence-electron chi connectivity index (χ3n) is 2.71. The molecule has 19 heavy (non-hydrogen) atoms. The van der Waals surface area contributed by atoms with Gasteiger partial charge in [-0.3, -0.25) is 4.79 Å². The molecule has 0 aliphatic carbocycles. The van der Waals surface area contributed by atoms with Crippen LogP contribution in [0.2, 0.25) is 0 Å². The van der Waals surface area contributed by atoms with E-state index in [1.807, 2.05) is 12.1 Å². The van der Waals surface area contributed by atoms with E-state index < -0.39 is 0 Å². The van der Waals surface area contributed by atoms with Gasteiger partial charge in [-0.1, -0.05) is 0 Å². The number of thiophene rings is 1. The fourth-order valence-corrected chi connectivity index (χ4v) is 3.23. The average molecular weight is 340 g/mol. The Kier molecular flexibility index (Phi) is 4.61. The lowest BCUT2D eigenvalue weighted by Crippen LogP contribution is -2.25. The van der Waals surface area contributed by atoms with Gasteiger partial charge >= 0.3 is 0 Å². The summed E-state index contributed by atoms with van der Waals surface area (Å²) < 4.78 is 6.16. The molecule has 0 spiro atoms. The van der Waals surface area contributed by atoms with E-state index in [9.17, 15) is 4.79 Å². The van der Waals surface area contributed by atoms with Crippen LogP contribution >= 0.6 is 27.3 Å². The molecule has 2 rings (SSSR count). The summed E-state index contributed by atoms with van der Waals surface area (Å²) in [5.74, 6) is 0.758. The maximum atomic E-state index is 12.2. The molecule has 1 aromatic heterocycles. The van der Waals surface area contributed by atoms with Crippen molar-refractivity contribution in [3.05, 3.63) is 50.6 Å². The number of ether oxygens (including phenoxy) is 1. The van der Waals surface area contributed by atoms with Gasteiger partial charge in [-0.2, -0.15) is 0 Å². The number of rotatable bonds is 4. The second-order valence-electron chi connectivity index (χ2n) is 4.10. The zero-order valence-corrected chi connectivity index (χ0v) is 13.1. The number of methoxy groups -OCH3 is 1. The molecule has 0 bridgehead atoms. The minimum atomic E-state index is 0.00664. The van der Waals surface area contributed by atoms with Gasteiger partial charge < -0.3 is 9.64 Å². The summed E-state index contributed by atoms with van der Waals surface area (Å²) in [5.41, 5.74) is 0.666. The van der Waals surface area contributed by atoms with Gasteiger partial charge in [0.1, 0.15) is 5.75 Å². The van der Waals surface area contributed by atoms with Gasteiger partial charge in [0.15, 0.2) is 0 Å². The Balaban J connectivity index is 2.05. The molecule has 0 saturated carbocycles. The standard InChI is InChI=1S/C14H14BrNO2S/c1-16(9-12-7-8-13(15)19-12)14(17)10-3-5-11(18-2)6-4-10/h3-8H,9H2,1-2H3.